The molecular weight excluding hydrogens is 280 g/mol. The highest BCUT2D eigenvalue weighted by atomic mass is 35.5. The van der Waals surface area contributed by atoms with Crippen LogP contribution in [0.3, 0.4) is 0 Å². The number of carboxylic acids is 1. The number of benzene rings is 1. The predicted octanol–water partition coefficient (Wildman–Crippen LogP) is 3.64. The van der Waals surface area contributed by atoms with Gasteiger partial charge in [0, 0.05) is 23.9 Å². The molecule has 1 spiro atoms. The number of hydrogen-bond acceptors (Lipinski definition) is 3. The van der Waals surface area contributed by atoms with Crippen molar-refractivity contribution in [3.8, 4) is 11.5 Å². The molecule has 1 heterocycles. The molecule has 1 unspecified atom stereocenters. The topological polar surface area (TPSA) is 55.8 Å². The van der Waals surface area contributed by atoms with Crippen LogP contribution in [0.5, 0.6) is 11.5 Å². The Morgan fingerprint density at radius 2 is 1.95 bits per heavy atom. The number of aliphatic carboxylic acids is 1. The van der Waals surface area contributed by atoms with E-state index < -0.39 is 17.7 Å². The van der Waals surface area contributed by atoms with Gasteiger partial charge >= 0.3 is 5.97 Å². The zero-order valence-electron chi connectivity index (χ0n) is 11.3. The van der Waals surface area contributed by atoms with Crippen LogP contribution in [0, 0.1) is 5.92 Å². The lowest BCUT2D eigenvalue weighted by Gasteiger charge is -2.21. The Kier molecular flexibility index (Phi) is 3.28. The lowest BCUT2D eigenvalue weighted by molar-refractivity contribution is -0.141. The highest BCUT2D eigenvalue weighted by molar-refractivity contribution is 6.31. The minimum Gasteiger partial charge on any atom is -0.481 e. The third kappa shape index (κ3) is 2.33. The van der Waals surface area contributed by atoms with Gasteiger partial charge in [-0.15, -0.1) is 0 Å². The third-order valence-corrected chi connectivity index (χ3v) is 4.37. The summed E-state index contributed by atoms with van der Waals surface area (Å²) in [6, 6.07) is 3.57. The van der Waals surface area contributed by atoms with Crippen LogP contribution in [0.2, 0.25) is 5.02 Å². The highest BCUT2D eigenvalue weighted by Crippen LogP contribution is 2.48. The van der Waals surface area contributed by atoms with Gasteiger partial charge in [0.05, 0.1) is 5.92 Å². The summed E-state index contributed by atoms with van der Waals surface area (Å²) in [6.45, 7) is 1.67. The number of carbonyl (C=O) groups is 1. The van der Waals surface area contributed by atoms with Gasteiger partial charge in [0.15, 0.2) is 11.5 Å². The molecule has 0 bridgehead atoms. The zero-order valence-corrected chi connectivity index (χ0v) is 12.1. The quantitative estimate of drug-likeness (QED) is 0.925. The number of carboxylic acid groups (broad SMARTS) is 1. The summed E-state index contributed by atoms with van der Waals surface area (Å²) in [5.41, 5.74) is 0.791. The van der Waals surface area contributed by atoms with Crippen LogP contribution in [0.25, 0.3) is 0 Å². The van der Waals surface area contributed by atoms with Gasteiger partial charge in [0.25, 0.3) is 5.79 Å². The van der Waals surface area contributed by atoms with E-state index in [9.17, 15) is 4.79 Å². The average molecular weight is 297 g/mol. The molecule has 0 aromatic heterocycles. The van der Waals surface area contributed by atoms with Gasteiger partial charge in [-0.25, -0.2) is 0 Å². The molecule has 1 aliphatic carbocycles. The Morgan fingerprint density at radius 3 is 2.55 bits per heavy atom. The third-order valence-electron chi connectivity index (χ3n) is 4.02. The number of halogens is 1. The van der Waals surface area contributed by atoms with E-state index in [1.165, 1.54) is 0 Å². The van der Waals surface area contributed by atoms with E-state index in [0.717, 1.165) is 31.2 Å². The summed E-state index contributed by atoms with van der Waals surface area (Å²) >= 11 is 6.22. The standard InChI is InChI=1S/C15H17ClO4/c1-9(14(17)18)6-10-7-12-13(8-11(10)16)20-15(19-12)4-2-3-5-15/h7-9H,2-6H2,1H3,(H,17,18). The van der Waals surface area contributed by atoms with Crippen molar-refractivity contribution in [3.63, 3.8) is 0 Å². The Balaban J connectivity index is 1.85. The molecule has 1 atom stereocenters. The summed E-state index contributed by atoms with van der Waals surface area (Å²) in [6.07, 6.45) is 4.37. The molecule has 1 aliphatic heterocycles. The summed E-state index contributed by atoms with van der Waals surface area (Å²) in [5.74, 6) is -0.463. The fourth-order valence-corrected chi connectivity index (χ4v) is 3.08. The summed E-state index contributed by atoms with van der Waals surface area (Å²) in [4.78, 5) is 11.0. The molecule has 108 valence electrons. The summed E-state index contributed by atoms with van der Waals surface area (Å²) < 4.78 is 11.9. The van der Waals surface area contributed by atoms with E-state index in [2.05, 4.69) is 0 Å². The molecule has 1 aromatic rings. The number of hydrogen-bond donors (Lipinski definition) is 1. The van der Waals surface area contributed by atoms with E-state index in [0.29, 0.717) is 22.9 Å². The smallest absolute Gasteiger partial charge is 0.306 e. The Labute approximate surface area is 122 Å². The van der Waals surface area contributed by atoms with Gasteiger partial charge in [-0.3, -0.25) is 4.79 Å². The van der Waals surface area contributed by atoms with Crippen molar-refractivity contribution < 1.29 is 19.4 Å². The van der Waals surface area contributed by atoms with Crippen LogP contribution < -0.4 is 9.47 Å². The van der Waals surface area contributed by atoms with Gasteiger partial charge in [-0.05, 0) is 30.9 Å². The fourth-order valence-electron chi connectivity index (χ4n) is 2.85. The van der Waals surface area contributed by atoms with Crippen molar-refractivity contribution in [3.05, 3.63) is 22.7 Å². The minimum atomic E-state index is -0.828. The maximum absolute atomic E-state index is 11.0. The van der Waals surface area contributed by atoms with Crippen LogP contribution in [0.1, 0.15) is 38.2 Å². The zero-order chi connectivity index (χ0) is 14.3. The number of ether oxygens (including phenoxy) is 2. The molecule has 0 amide bonds. The normalized spacial score (nSPS) is 20.3. The first-order chi connectivity index (χ1) is 9.49. The van der Waals surface area contributed by atoms with Gasteiger partial charge < -0.3 is 14.6 Å². The first-order valence-electron chi connectivity index (χ1n) is 6.92. The first-order valence-corrected chi connectivity index (χ1v) is 7.30. The van der Waals surface area contributed by atoms with Crippen LogP contribution in [-0.2, 0) is 11.2 Å². The van der Waals surface area contributed by atoms with E-state index >= 15 is 0 Å². The van der Waals surface area contributed by atoms with Gasteiger partial charge in [-0.2, -0.15) is 0 Å². The average Bonchev–Trinajstić information content (AvgIpc) is 2.96. The Hall–Kier alpha value is -1.42. The fraction of sp³-hybridized carbons (Fsp3) is 0.533. The lowest BCUT2D eigenvalue weighted by atomic mass is 10.0. The first kappa shape index (κ1) is 13.6. The van der Waals surface area contributed by atoms with E-state index in [1.54, 1.807) is 13.0 Å². The highest BCUT2D eigenvalue weighted by Gasteiger charge is 2.44. The second-order valence-electron chi connectivity index (χ2n) is 5.66. The van der Waals surface area contributed by atoms with E-state index in [4.69, 9.17) is 26.2 Å². The molecule has 0 saturated heterocycles. The molecule has 20 heavy (non-hydrogen) atoms. The Bertz CT molecular complexity index is 549. The molecule has 5 heteroatoms. The summed E-state index contributed by atoms with van der Waals surface area (Å²) in [7, 11) is 0. The monoisotopic (exact) mass is 296 g/mol. The molecule has 1 saturated carbocycles. The van der Waals surface area contributed by atoms with Crippen molar-refractivity contribution in [2.45, 2.75) is 44.8 Å². The molecule has 2 aliphatic rings. The van der Waals surface area contributed by atoms with E-state index in [1.807, 2.05) is 6.07 Å². The van der Waals surface area contributed by atoms with Gasteiger partial charge in [0.2, 0.25) is 0 Å². The van der Waals surface area contributed by atoms with Gasteiger partial charge in [0.1, 0.15) is 0 Å². The molecule has 1 aromatic carbocycles. The largest absolute Gasteiger partial charge is 0.481 e. The number of fused-ring (bicyclic) bond motifs is 1. The van der Waals surface area contributed by atoms with Gasteiger partial charge in [-0.1, -0.05) is 18.5 Å². The maximum atomic E-state index is 11.0. The van der Waals surface area contributed by atoms with Crippen LogP contribution in [0.4, 0.5) is 0 Å². The second-order valence-corrected chi connectivity index (χ2v) is 6.06. The van der Waals surface area contributed by atoms with Crippen LogP contribution in [0.15, 0.2) is 12.1 Å². The van der Waals surface area contributed by atoms with Crippen LogP contribution >= 0.6 is 11.6 Å². The second kappa shape index (κ2) is 4.85. The molecule has 1 N–H and O–H groups in total. The summed E-state index contributed by atoms with van der Waals surface area (Å²) in [5, 5.41) is 9.53. The molecule has 0 radical (unpaired) electrons. The SMILES string of the molecule is CC(Cc1cc2c(cc1Cl)OC1(CCCC1)O2)C(=O)O. The van der Waals surface area contributed by atoms with Crippen molar-refractivity contribution in [1.29, 1.82) is 0 Å². The molecular formula is C15H17ClO4. The predicted molar refractivity (Wildman–Crippen MR) is 74.4 cm³/mol. The molecule has 1 fully saturated rings. The van der Waals surface area contributed by atoms with Crippen molar-refractivity contribution in [2.75, 3.05) is 0 Å². The maximum Gasteiger partial charge on any atom is 0.306 e. The Morgan fingerprint density at radius 1 is 1.35 bits per heavy atom. The number of rotatable bonds is 3. The minimum absolute atomic E-state index is 0.387. The van der Waals surface area contributed by atoms with Crippen molar-refractivity contribution in [2.24, 2.45) is 5.92 Å². The molecule has 3 rings (SSSR count). The van der Waals surface area contributed by atoms with Crippen molar-refractivity contribution >= 4 is 17.6 Å². The lowest BCUT2D eigenvalue weighted by Crippen LogP contribution is -2.34. The van der Waals surface area contributed by atoms with Crippen molar-refractivity contribution in [1.82, 2.24) is 0 Å². The van der Waals surface area contributed by atoms with E-state index in [-0.39, 0.29) is 0 Å². The molecule has 4 nitrogen and oxygen atoms in total. The van der Waals surface area contributed by atoms with Crippen LogP contribution in [-0.4, -0.2) is 16.9 Å².